The van der Waals surface area contributed by atoms with Crippen LogP contribution in [-0.4, -0.2) is 32.2 Å². The number of nitro groups is 1. The summed E-state index contributed by atoms with van der Waals surface area (Å²) >= 11 is 5.31. The molecule has 2 aliphatic heterocycles. The van der Waals surface area contributed by atoms with Crippen LogP contribution < -0.4 is 5.84 Å². The molecule has 0 aromatic rings. The van der Waals surface area contributed by atoms with Gasteiger partial charge in [-0.25, -0.2) is 10.9 Å². The van der Waals surface area contributed by atoms with E-state index in [9.17, 15) is 33.2 Å². The Balaban J connectivity index is 2.79. The molecule has 22 heavy (non-hydrogen) atoms. The van der Waals surface area contributed by atoms with Crippen molar-refractivity contribution in [1.29, 1.82) is 0 Å². The summed E-state index contributed by atoms with van der Waals surface area (Å²) in [5, 5.41) is 22.4. The van der Waals surface area contributed by atoms with Gasteiger partial charge in [0.25, 0.3) is 5.78 Å². The fourth-order valence-electron chi connectivity index (χ4n) is 1.69. The number of alkyl halides is 3. The van der Waals surface area contributed by atoms with Crippen molar-refractivity contribution in [2.24, 2.45) is 11.0 Å². The maximum absolute atomic E-state index is 13.0. The molecule has 13 heteroatoms. The van der Waals surface area contributed by atoms with E-state index < -0.39 is 50.7 Å². The molecule has 2 rings (SSSR count). The molecule has 0 saturated carbocycles. The minimum atomic E-state index is -5.29. The summed E-state index contributed by atoms with van der Waals surface area (Å²) in [7, 11) is 0. The van der Waals surface area contributed by atoms with Gasteiger partial charge in [0.05, 0.1) is 4.92 Å². The summed E-state index contributed by atoms with van der Waals surface area (Å²) in [6, 6.07) is 0. The highest BCUT2D eigenvalue weighted by molar-refractivity contribution is 6.85. The van der Waals surface area contributed by atoms with Gasteiger partial charge in [-0.05, 0) is 0 Å². The lowest BCUT2D eigenvalue weighted by molar-refractivity contribution is -0.425. The van der Waals surface area contributed by atoms with Gasteiger partial charge >= 0.3 is 11.9 Å². The van der Waals surface area contributed by atoms with Gasteiger partial charge in [-0.2, -0.15) is 13.2 Å². The number of hydrazine groups is 1. The number of carbonyl (C=O) groups excluding carboxylic acids is 1. The van der Waals surface area contributed by atoms with E-state index in [4.69, 9.17) is 17.4 Å². The van der Waals surface area contributed by atoms with Crippen molar-refractivity contribution < 1.29 is 32.8 Å². The van der Waals surface area contributed by atoms with E-state index in [1.807, 2.05) is 0 Å². The number of rotatable bonds is 1. The van der Waals surface area contributed by atoms with Crippen LogP contribution in [0, 0.1) is 10.1 Å². The smallest absolute Gasteiger partial charge is 0.439 e. The van der Waals surface area contributed by atoms with E-state index in [1.54, 1.807) is 0 Å². The number of allylic oxidation sites excluding steroid dienone is 3. The van der Waals surface area contributed by atoms with E-state index in [1.165, 1.54) is 0 Å². The molecule has 0 spiro atoms. The van der Waals surface area contributed by atoms with Crippen molar-refractivity contribution in [2.45, 2.75) is 6.18 Å². The number of nitrogens with two attached hydrogens (primary N) is 1. The van der Waals surface area contributed by atoms with Crippen molar-refractivity contribution >= 4 is 22.6 Å². The molecule has 0 aromatic heterocycles. The number of aliphatic hydroxyl groups excluding tert-OH is 1. The van der Waals surface area contributed by atoms with Crippen molar-refractivity contribution in [2.75, 3.05) is 0 Å². The molecule has 0 aromatic carbocycles. The van der Waals surface area contributed by atoms with Crippen LogP contribution in [0.15, 0.2) is 39.8 Å². The topological polar surface area (TPSA) is 131 Å². The lowest BCUT2D eigenvalue weighted by atomic mass is 10.0. The van der Waals surface area contributed by atoms with Crippen molar-refractivity contribution in [1.82, 2.24) is 5.01 Å². The fourth-order valence-corrected chi connectivity index (χ4v) is 1.81. The summed E-state index contributed by atoms with van der Waals surface area (Å²) in [5.74, 6) is 1.69. The molecule has 0 fully saturated rings. The third-order valence-corrected chi connectivity index (χ3v) is 2.79. The van der Waals surface area contributed by atoms with Crippen LogP contribution in [0.4, 0.5) is 13.2 Å². The first-order chi connectivity index (χ1) is 10.1. The number of Topliss-reactive ketones (excluding diaryl/α,β-unsaturated/α-hetero) is 1. The van der Waals surface area contributed by atoms with Gasteiger partial charge in [-0.15, -0.1) is 0 Å². The highest BCUT2D eigenvalue weighted by atomic mass is 35.5. The first-order valence-electron chi connectivity index (χ1n) is 5.17. The molecule has 118 valence electrons. The van der Waals surface area contributed by atoms with Crippen LogP contribution in [0.2, 0.25) is 0 Å². The van der Waals surface area contributed by atoms with Gasteiger partial charge in [-0.3, -0.25) is 14.9 Å². The Labute approximate surface area is 123 Å². The Bertz CT molecular complexity index is 709. The number of hydrogen-bond donors (Lipinski definition) is 2. The van der Waals surface area contributed by atoms with E-state index in [2.05, 4.69) is 9.99 Å². The molecular formula is C9H4ClF3N4O5. The molecule has 2 heterocycles. The maximum atomic E-state index is 13.0. The Morgan fingerprint density at radius 2 is 2.09 bits per heavy atom. The SMILES string of the molecule is NN1C(O)=C/C(=C2\ON=C(Cl)C2=O)C([N+](=O)[O-])=C1C(F)(F)F. The summed E-state index contributed by atoms with van der Waals surface area (Å²) < 4.78 is 39.0. The molecule has 0 atom stereocenters. The summed E-state index contributed by atoms with van der Waals surface area (Å²) in [6.07, 6.45) is -4.83. The maximum Gasteiger partial charge on any atom is 0.439 e. The van der Waals surface area contributed by atoms with Gasteiger partial charge in [0, 0.05) is 6.08 Å². The first kappa shape index (κ1) is 15.8. The summed E-state index contributed by atoms with van der Waals surface area (Å²) in [4.78, 5) is 25.6. The Kier molecular flexibility index (Phi) is 3.58. The molecule has 9 nitrogen and oxygen atoms in total. The molecule has 0 unspecified atom stereocenters. The van der Waals surface area contributed by atoms with Crippen LogP contribution in [0.5, 0.6) is 0 Å². The zero-order valence-corrected chi connectivity index (χ0v) is 10.8. The minimum Gasteiger partial charge on any atom is -0.494 e. The van der Waals surface area contributed by atoms with Crippen LogP contribution in [0.25, 0.3) is 0 Å². The Morgan fingerprint density at radius 3 is 2.50 bits per heavy atom. The summed E-state index contributed by atoms with van der Waals surface area (Å²) in [5.41, 5.74) is -4.53. The monoisotopic (exact) mass is 340 g/mol. The molecule has 2 aliphatic rings. The van der Waals surface area contributed by atoms with Crippen LogP contribution in [-0.2, 0) is 9.63 Å². The minimum absolute atomic E-state index is 0.329. The largest absolute Gasteiger partial charge is 0.494 e. The fraction of sp³-hybridized carbons (Fsp3) is 0.111. The second kappa shape index (κ2) is 4.99. The van der Waals surface area contributed by atoms with Gasteiger partial charge in [0.1, 0.15) is 5.57 Å². The highest BCUT2D eigenvalue weighted by Gasteiger charge is 2.50. The zero-order valence-electron chi connectivity index (χ0n) is 10.1. The average Bonchev–Trinajstić information content (AvgIpc) is 2.71. The molecule has 0 bridgehead atoms. The zero-order chi connectivity index (χ0) is 16.8. The van der Waals surface area contributed by atoms with Crippen LogP contribution >= 0.6 is 11.6 Å². The molecule has 0 radical (unpaired) electrons. The first-order valence-corrected chi connectivity index (χ1v) is 5.54. The van der Waals surface area contributed by atoms with Crippen LogP contribution in [0.3, 0.4) is 0 Å². The number of oxime groups is 1. The number of hydrogen-bond acceptors (Lipinski definition) is 8. The second-order valence-electron chi connectivity index (χ2n) is 3.87. The van der Waals surface area contributed by atoms with Gasteiger partial charge in [0.15, 0.2) is 0 Å². The van der Waals surface area contributed by atoms with E-state index in [0.717, 1.165) is 0 Å². The summed E-state index contributed by atoms with van der Waals surface area (Å²) in [6.45, 7) is 0. The Morgan fingerprint density at radius 1 is 1.50 bits per heavy atom. The van der Waals surface area contributed by atoms with Gasteiger partial charge in [0.2, 0.25) is 22.5 Å². The third kappa shape index (κ3) is 2.37. The number of aliphatic hydroxyl groups is 1. The molecule has 0 amide bonds. The molecule has 0 saturated heterocycles. The lowest BCUT2D eigenvalue weighted by Crippen LogP contribution is -2.41. The van der Waals surface area contributed by atoms with Crippen LogP contribution in [0.1, 0.15) is 0 Å². The lowest BCUT2D eigenvalue weighted by Gasteiger charge is -2.25. The van der Waals surface area contributed by atoms with Crippen molar-refractivity contribution in [3.05, 3.63) is 44.8 Å². The standard InChI is InChI=1S/C9H4ClF3N4O5/c10-8-5(19)6(22-15-8)2-1-3(18)16(14)7(9(11,12)13)4(2)17(20)21/h1,18H,14H2/b6-2+. The van der Waals surface area contributed by atoms with Crippen molar-refractivity contribution in [3.8, 4) is 0 Å². The predicted octanol–water partition coefficient (Wildman–Crippen LogP) is 1.03. The molecule has 3 N–H and O–H groups in total. The molecular weight excluding hydrogens is 337 g/mol. The number of ketones is 1. The molecule has 0 aliphatic carbocycles. The van der Waals surface area contributed by atoms with Gasteiger partial charge in [-0.1, -0.05) is 16.8 Å². The number of nitrogens with zero attached hydrogens (tertiary/aromatic N) is 3. The van der Waals surface area contributed by atoms with E-state index >= 15 is 0 Å². The average molecular weight is 341 g/mol. The van der Waals surface area contributed by atoms with Crippen molar-refractivity contribution in [3.63, 3.8) is 0 Å². The number of carbonyl (C=O) groups is 1. The normalized spacial score (nSPS) is 22.6. The van der Waals surface area contributed by atoms with Gasteiger partial charge < -0.3 is 9.94 Å². The van der Waals surface area contributed by atoms with E-state index in [-0.39, 0.29) is 5.01 Å². The highest BCUT2D eigenvalue weighted by Crippen LogP contribution is 2.39. The van der Waals surface area contributed by atoms with E-state index in [0.29, 0.717) is 6.08 Å². The quantitative estimate of drug-likeness (QED) is 0.315. The number of halogens is 4. The Hall–Kier alpha value is -2.60. The predicted molar refractivity (Wildman–Crippen MR) is 63.2 cm³/mol. The second-order valence-corrected chi connectivity index (χ2v) is 4.23. The third-order valence-electron chi connectivity index (χ3n) is 2.55.